The molecule has 0 radical (unpaired) electrons. The lowest BCUT2D eigenvalue weighted by molar-refractivity contribution is 0.167. The fourth-order valence-corrected chi connectivity index (χ4v) is 1.75. The zero-order chi connectivity index (χ0) is 9.80. The SMILES string of the molecule is Clc1ccc(O[C@@H]2CCCNC2)cc1. The lowest BCUT2D eigenvalue weighted by atomic mass is 10.1. The number of hydrogen-bond acceptors (Lipinski definition) is 2. The summed E-state index contributed by atoms with van der Waals surface area (Å²) < 4.78 is 5.79. The molecule has 0 aliphatic carbocycles. The van der Waals surface area contributed by atoms with Gasteiger partial charge in [0.25, 0.3) is 0 Å². The third-order valence-corrected chi connectivity index (χ3v) is 2.62. The molecule has 1 fully saturated rings. The van der Waals surface area contributed by atoms with Gasteiger partial charge in [-0.2, -0.15) is 0 Å². The minimum absolute atomic E-state index is 0.310. The van der Waals surface area contributed by atoms with E-state index in [-0.39, 0.29) is 0 Å². The zero-order valence-corrected chi connectivity index (χ0v) is 8.76. The lowest BCUT2D eigenvalue weighted by Crippen LogP contribution is -2.37. The van der Waals surface area contributed by atoms with E-state index in [4.69, 9.17) is 16.3 Å². The maximum Gasteiger partial charge on any atom is 0.119 e. The average Bonchev–Trinajstić information content (AvgIpc) is 2.23. The van der Waals surface area contributed by atoms with Crippen molar-refractivity contribution in [3.63, 3.8) is 0 Å². The van der Waals surface area contributed by atoms with Gasteiger partial charge in [-0.3, -0.25) is 0 Å². The molecule has 1 aliphatic heterocycles. The molecule has 0 unspecified atom stereocenters. The first-order chi connectivity index (χ1) is 6.84. The van der Waals surface area contributed by atoms with Gasteiger partial charge in [-0.05, 0) is 43.7 Å². The highest BCUT2D eigenvalue weighted by molar-refractivity contribution is 6.30. The van der Waals surface area contributed by atoms with Crippen LogP contribution in [0.25, 0.3) is 0 Å². The molecule has 1 heterocycles. The monoisotopic (exact) mass is 211 g/mol. The molecule has 1 atom stereocenters. The standard InChI is InChI=1S/C11H14ClNO/c12-9-3-5-10(6-4-9)14-11-2-1-7-13-8-11/h3-6,11,13H,1-2,7-8H2/t11-/m1/s1. The molecule has 1 N–H and O–H groups in total. The van der Waals surface area contributed by atoms with Crippen molar-refractivity contribution in [2.75, 3.05) is 13.1 Å². The Bertz CT molecular complexity index is 280. The van der Waals surface area contributed by atoms with Crippen molar-refractivity contribution in [3.8, 4) is 5.75 Å². The Morgan fingerprint density at radius 3 is 2.71 bits per heavy atom. The van der Waals surface area contributed by atoms with Crippen LogP contribution in [0.3, 0.4) is 0 Å². The molecule has 3 heteroatoms. The molecule has 0 spiro atoms. The van der Waals surface area contributed by atoms with Crippen molar-refractivity contribution in [1.82, 2.24) is 5.32 Å². The van der Waals surface area contributed by atoms with Crippen molar-refractivity contribution < 1.29 is 4.74 Å². The van der Waals surface area contributed by atoms with Crippen LogP contribution in [0.2, 0.25) is 5.02 Å². The summed E-state index contributed by atoms with van der Waals surface area (Å²) in [7, 11) is 0. The predicted octanol–water partition coefficient (Wildman–Crippen LogP) is 2.47. The van der Waals surface area contributed by atoms with Gasteiger partial charge in [-0.15, -0.1) is 0 Å². The molecule has 0 amide bonds. The van der Waals surface area contributed by atoms with Crippen molar-refractivity contribution in [1.29, 1.82) is 0 Å². The number of piperidine rings is 1. The molecule has 76 valence electrons. The molecule has 0 saturated carbocycles. The lowest BCUT2D eigenvalue weighted by Gasteiger charge is -2.23. The van der Waals surface area contributed by atoms with E-state index in [1.807, 2.05) is 24.3 Å². The summed E-state index contributed by atoms with van der Waals surface area (Å²) in [5.74, 6) is 0.906. The van der Waals surface area contributed by atoms with Crippen LogP contribution >= 0.6 is 11.6 Å². The molecule has 14 heavy (non-hydrogen) atoms. The summed E-state index contributed by atoms with van der Waals surface area (Å²) >= 11 is 5.79. The quantitative estimate of drug-likeness (QED) is 0.812. The van der Waals surface area contributed by atoms with Crippen LogP contribution in [0.5, 0.6) is 5.75 Å². The van der Waals surface area contributed by atoms with Crippen LogP contribution < -0.4 is 10.1 Å². The van der Waals surface area contributed by atoms with Gasteiger partial charge in [0.1, 0.15) is 11.9 Å². The van der Waals surface area contributed by atoms with Gasteiger partial charge in [-0.1, -0.05) is 11.6 Å². The van der Waals surface area contributed by atoms with Gasteiger partial charge in [-0.25, -0.2) is 0 Å². The Morgan fingerprint density at radius 1 is 1.29 bits per heavy atom. The van der Waals surface area contributed by atoms with E-state index in [0.29, 0.717) is 6.10 Å². The Morgan fingerprint density at radius 2 is 2.07 bits per heavy atom. The van der Waals surface area contributed by atoms with Crippen LogP contribution in [0, 0.1) is 0 Å². The van der Waals surface area contributed by atoms with Gasteiger partial charge in [0, 0.05) is 11.6 Å². The first kappa shape index (κ1) is 9.81. The highest BCUT2D eigenvalue weighted by atomic mass is 35.5. The Balaban J connectivity index is 1.92. The number of rotatable bonds is 2. The zero-order valence-electron chi connectivity index (χ0n) is 8.00. The molecule has 0 bridgehead atoms. The maximum absolute atomic E-state index is 5.79. The molecule has 1 aliphatic rings. The fraction of sp³-hybridized carbons (Fsp3) is 0.455. The van der Waals surface area contributed by atoms with E-state index in [1.165, 1.54) is 6.42 Å². The first-order valence-corrected chi connectivity index (χ1v) is 5.35. The Hall–Kier alpha value is -0.730. The number of benzene rings is 1. The number of ether oxygens (including phenoxy) is 1. The van der Waals surface area contributed by atoms with Crippen LogP contribution in [-0.2, 0) is 0 Å². The summed E-state index contributed by atoms with van der Waals surface area (Å²) in [6.07, 6.45) is 2.64. The second-order valence-corrected chi connectivity index (χ2v) is 3.98. The van der Waals surface area contributed by atoms with E-state index in [1.54, 1.807) is 0 Å². The first-order valence-electron chi connectivity index (χ1n) is 4.97. The van der Waals surface area contributed by atoms with Gasteiger partial charge >= 0.3 is 0 Å². The minimum Gasteiger partial charge on any atom is -0.489 e. The summed E-state index contributed by atoms with van der Waals surface area (Å²) in [6, 6.07) is 7.54. The maximum atomic E-state index is 5.79. The predicted molar refractivity (Wildman–Crippen MR) is 58.0 cm³/mol. The third kappa shape index (κ3) is 2.63. The molecule has 2 nitrogen and oxygen atoms in total. The largest absolute Gasteiger partial charge is 0.489 e. The van der Waals surface area contributed by atoms with Crippen LogP contribution in [-0.4, -0.2) is 19.2 Å². The molecular weight excluding hydrogens is 198 g/mol. The summed E-state index contributed by atoms with van der Waals surface area (Å²) in [4.78, 5) is 0. The Kier molecular flexibility index (Phi) is 3.27. The van der Waals surface area contributed by atoms with Crippen molar-refractivity contribution in [2.45, 2.75) is 18.9 Å². The normalized spacial score (nSPS) is 21.9. The number of hydrogen-bond donors (Lipinski definition) is 1. The highest BCUT2D eigenvalue weighted by Crippen LogP contribution is 2.18. The van der Waals surface area contributed by atoms with Crippen LogP contribution in [0.15, 0.2) is 24.3 Å². The van der Waals surface area contributed by atoms with Gasteiger partial charge in [0.15, 0.2) is 0 Å². The number of nitrogens with one attached hydrogen (secondary N) is 1. The summed E-state index contributed by atoms with van der Waals surface area (Å²) in [6.45, 7) is 2.06. The molecule has 2 rings (SSSR count). The topological polar surface area (TPSA) is 21.3 Å². The summed E-state index contributed by atoms with van der Waals surface area (Å²) in [5, 5.41) is 4.06. The molecule has 1 aromatic rings. The molecule has 0 aromatic heterocycles. The number of halogens is 1. The van der Waals surface area contributed by atoms with Gasteiger partial charge < -0.3 is 10.1 Å². The van der Waals surface area contributed by atoms with Crippen molar-refractivity contribution in [2.24, 2.45) is 0 Å². The van der Waals surface area contributed by atoms with Crippen molar-refractivity contribution >= 4 is 11.6 Å². The van der Waals surface area contributed by atoms with Crippen LogP contribution in [0.1, 0.15) is 12.8 Å². The van der Waals surface area contributed by atoms with Gasteiger partial charge in [0.2, 0.25) is 0 Å². The second kappa shape index (κ2) is 4.67. The molecule has 1 aromatic carbocycles. The van der Waals surface area contributed by atoms with E-state index >= 15 is 0 Å². The Labute approximate surface area is 89.2 Å². The van der Waals surface area contributed by atoms with Gasteiger partial charge in [0.05, 0.1) is 0 Å². The second-order valence-electron chi connectivity index (χ2n) is 3.54. The van der Waals surface area contributed by atoms with E-state index < -0.39 is 0 Å². The smallest absolute Gasteiger partial charge is 0.119 e. The van der Waals surface area contributed by atoms with E-state index in [2.05, 4.69) is 5.32 Å². The summed E-state index contributed by atoms with van der Waals surface area (Å²) in [5.41, 5.74) is 0. The highest BCUT2D eigenvalue weighted by Gasteiger charge is 2.13. The average molecular weight is 212 g/mol. The van der Waals surface area contributed by atoms with Crippen LogP contribution in [0.4, 0.5) is 0 Å². The fourth-order valence-electron chi connectivity index (χ4n) is 1.63. The molecular formula is C11H14ClNO. The molecule has 1 saturated heterocycles. The van der Waals surface area contributed by atoms with E-state index in [9.17, 15) is 0 Å². The minimum atomic E-state index is 0.310. The van der Waals surface area contributed by atoms with E-state index in [0.717, 1.165) is 30.3 Å². The third-order valence-electron chi connectivity index (χ3n) is 2.37. The van der Waals surface area contributed by atoms with Crippen molar-refractivity contribution in [3.05, 3.63) is 29.3 Å².